The number of fused-ring (bicyclic) bond motifs is 4. The number of hydrogen-bond donors (Lipinski definition) is 0. The first-order valence-electron chi connectivity index (χ1n) is 11.5. The first-order valence-corrected chi connectivity index (χ1v) is 11.5. The molecule has 2 heteroatoms. The Labute approximate surface area is 193 Å². The minimum atomic E-state index is -0.423. The molecule has 0 saturated carbocycles. The smallest absolute Gasteiger partial charge is 0.170 e. The van der Waals surface area contributed by atoms with Crippen LogP contribution >= 0.6 is 0 Å². The van der Waals surface area contributed by atoms with Crippen molar-refractivity contribution in [3.63, 3.8) is 0 Å². The maximum atomic E-state index is 6.43. The zero-order valence-electron chi connectivity index (χ0n) is 18.1. The second-order valence-electron chi connectivity index (χ2n) is 8.80. The van der Waals surface area contributed by atoms with Crippen molar-refractivity contribution in [3.05, 3.63) is 143 Å². The molecule has 2 nitrogen and oxygen atoms in total. The average Bonchev–Trinajstić information content (AvgIpc) is 3.17. The molecule has 158 valence electrons. The first-order chi connectivity index (χ1) is 16.4. The van der Waals surface area contributed by atoms with E-state index < -0.39 is 5.41 Å². The van der Waals surface area contributed by atoms with Crippen LogP contribution in [0.3, 0.4) is 0 Å². The van der Waals surface area contributed by atoms with Crippen LogP contribution in [0.4, 0.5) is 0 Å². The molecule has 33 heavy (non-hydrogen) atoms. The molecule has 4 aromatic carbocycles. The molecule has 3 aliphatic rings. The molecule has 0 saturated heterocycles. The van der Waals surface area contributed by atoms with Gasteiger partial charge in [0.05, 0.1) is 5.41 Å². The summed E-state index contributed by atoms with van der Waals surface area (Å²) in [4.78, 5) is 0. The van der Waals surface area contributed by atoms with E-state index in [9.17, 15) is 0 Å². The highest BCUT2D eigenvalue weighted by Gasteiger charge is 2.47. The van der Waals surface area contributed by atoms with E-state index in [1.165, 1.54) is 33.4 Å². The molecule has 0 N–H and O–H groups in total. The fourth-order valence-corrected chi connectivity index (χ4v) is 5.67. The number of hydrogen-bond acceptors (Lipinski definition) is 2. The number of allylic oxidation sites excluding steroid dienone is 3. The highest BCUT2D eigenvalue weighted by Crippen LogP contribution is 2.58. The number of ether oxygens (including phenoxy) is 2. The molecule has 0 atom stereocenters. The van der Waals surface area contributed by atoms with Gasteiger partial charge in [-0.05, 0) is 58.0 Å². The van der Waals surface area contributed by atoms with Crippen molar-refractivity contribution >= 4 is 0 Å². The molecule has 0 bridgehead atoms. The summed E-state index contributed by atoms with van der Waals surface area (Å²) in [6.45, 7) is 0. The lowest BCUT2D eigenvalue weighted by Crippen LogP contribution is -2.28. The molecule has 0 unspecified atom stereocenters. The lowest BCUT2D eigenvalue weighted by molar-refractivity contribution is 0.289. The topological polar surface area (TPSA) is 18.5 Å². The largest absolute Gasteiger partial charge is 0.454 e. The summed E-state index contributed by atoms with van der Waals surface area (Å²) in [5.74, 6) is 3.33. The third kappa shape index (κ3) is 2.55. The van der Waals surface area contributed by atoms with Crippen LogP contribution in [0, 0.1) is 0 Å². The zero-order chi connectivity index (χ0) is 21.8. The van der Waals surface area contributed by atoms with Gasteiger partial charge in [0, 0.05) is 6.42 Å². The second-order valence-corrected chi connectivity index (χ2v) is 8.80. The third-order valence-corrected chi connectivity index (χ3v) is 7.06. The predicted octanol–water partition coefficient (Wildman–Crippen LogP) is 7.38. The Hall–Kier alpha value is -4.04. The van der Waals surface area contributed by atoms with Crippen LogP contribution in [0.25, 0.3) is 11.1 Å². The van der Waals surface area contributed by atoms with E-state index >= 15 is 0 Å². The van der Waals surface area contributed by atoms with E-state index in [1.807, 2.05) is 6.08 Å². The Bertz CT molecular complexity index is 1410. The van der Waals surface area contributed by atoms with Gasteiger partial charge in [-0.2, -0.15) is 0 Å². The Morgan fingerprint density at radius 1 is 0.606 bits per heavy atom. The van der Waals surface area contributed by atoms with Crippen LogP contribution in [-0.2, 0) is 5.41 Å². The maximum Gasteiger partial charge on any atom is 0.170 e. The Kier molecular flexibility index (Phi) is 3.92. The number of rotatable bonds is 2. The molecule has 0 fully saturated rings. The Morgan fingerprint density at radius 3 is 2.03 bits per heavy atom. The van der Waals surface area contributed by atoms with Gasteiger partial charge < -0.3 is 9.47 Å². The van der Waals surface area contributed by atoms with Crippen LogP contribution in [0.2, 0.25) is 0 Å². The van der Waals surface area contributed by atoms with Gasteiger partial charge in [0.15, 0.2) is 17.3 Å². The van der Waals surface area contributed by atoms with Gasteiger partial charge in [-0.3, -0.25) is 0 Å². The second kappa shape index (κ2) is 6.98. The van der Waals surface area contributed by atoms with Crippen molar-refractivity contribution in [2.24, 2.45) is 0 Å². The molecule has 0 spiro atoms. The Morgan fingerprint density at radius 2 is 1.27 bits per heavy atom. The maximum absolute atomic E-state index is 6.43. The zero-order valence-corrected chi connectivity index (χ0v) is 18.1. The summed E-state index contributed by atoms with van der Waals surface area (Å²) < 4.78 is 12.8. The van der Waals surface area contributed by atoms with Gasteiger partial charge in [0.1, 0.15) is 5.76 Å². The van der Waals surface area contributed by atoms with Crippen molar-refractivity contribution in [3.8, 4) is 22.6 Å². The van der Waals surface area contributed by atoms with E-state index in [0.29, 0.717) is 0 Å². The monoisotopic (exact) mass is 426 g/mol. The molecule has 0 radical (unpaired) electrons. The third-order valence-electron chi connectivity index (χ3n) is 7.06. The molecule has 2 aliphatic carbocycles. The van der Waals surface area contributed by atoms with Crippen molar-refractivity contribution in [2.45, 2.75) is 18.3 Å². The quantitative estimate of drug-likeness (QED) is 0.293. The molecule has 1 aliphatic heterocycles. The summed E-state index contributed by atoms with van der Waals surface area (Å²) in [6.07, 6.45) is 6.02. The van der Waals surface area contributed by atoms with Crippen molar-refractivity contribution in [2.75, 3.05) is 0 Å². The highest BCUT2D eigenvalue weighted by molar-refractivity contribution is 5.88. The van der Waals surface area contributed by atoms with Gasteiger partial charge in [-0.1, -0.05) is 91.0 Å². The lowest BCUT2D eigenvalue weighted by atomic mass is 9.67. The van der Waals surface area contributed by atoms with Crippen molar-refractivity contribution in [1.82, 2.24) is 0 Å². The molecule has 0 aromatic heterocycles. The standard InChI is InChI=1S/C31H22O2/c1-3-11-21(12-4-1)31(22-13-5-2-6-14-22)25-16-8-7-15-23(25)24-19-29-30(20-26(24)31)33-28-18-10-9-17-27(28)32-29/h1-9,11-17,19-20H,10,18H2. The van der Waals surface area contributed by atoms with Gasteiger partial charge in [0.2, 0.25) is 0 Å². The summed E-state index contributed by atoms with van der Waals surface area (Å²) in [7, 11) is 0. The summed E-state index contributed by atoms with van der Waals surface area (Å²) in [5.41, 5.74) is 7.04. The van der Waals surface area contributed by atoms with Gasteiger partial charge in [-0.25, -0.2) is 0 Å². The first kappa shape index (κ1) is 18.5. The fraction of sp³-hybridized carbons (Fsp3) is 0.0968. The van der Waals surface area contributed by atoms with Crippen LogP contribution in [0.1, 0.15) is 35.1 Å². The summed E-state index contributed by atoms with van der Waals surface area (Å²) in [6, 6.07) is 34.8. The summed E-state index contributed by atoms with van der Waals surface area (Å²) >= 11 is 0. The van der Waals surface area contributed by atoms with E-state index in [1.54, 1.807) is 0 Å². The lowest BCUT2D eigenvalue weighted by Gasteiger charge is -2.34. The van der Waals surface area contributed by atoms with Crippen LogP contribution in [0.15, 0.2) is 121 Å². The SMILES string of the molecule is C1=CC2=C(CC1)Oc1cc3c(cc1O2)-c1ccccc1C3(c1ccccc1)c1ccccc1. The molecule has 4 aromatic rings. The fourth-order valence-electron chi connectivity index (χ4n) is 5.67. The van der Waals surface area contributed by atoms with Crippen LogP contribution < -0.4 is 9.47 Å². The van der Waals surface area contributed by atoms with Crippen molar-refractivity contribution in [1.29, 1.82) is 0 Å². The van der Waals surface area contributed by atoms with E-state index in [4.69, 9.17) is 9.47 Å². The van der Waals surface area contributed by atoms with Crippen LogP contribution in [0.5, 0.6) is 11.5 Å². The normalized spacial score (nSPS) is 16.7. The highest BCUT2D eigenvalue weighted by atomic mass is 16.6. The predicted molar refractivity (Wildman–Crippen MR) is 130 cm³/mol. The molecule has 1 heterocycles. The average molecular weight is 427 g/mol. The van der Waals surface area contributed by atoms with E-state index in [2.05, 4.69) is 103 Å². The van der Waals surface area contributed by atoms with Gasteiger partial charge in [0.25, 0.3) is 0 Å². The van der Waals surface area contributed by atoms with Gasteiger partial charge in [-0.15, -0.1) is 0 Å². The van der Waals surface area contributed by atoms with Crippen molar-refractivity contribution < 1.29 is 9.47 Å². The molecular weight excluding hydrogens is 404 g/mol. The van der Waals surface area contributed by atoms with E-state index in [0.717, 1.165) is 35.9 Å². The summed E-state index contributed by atoms with van der Waals surface area (Å²) in [5, 5.41) is 0. The molecule has 7 rings (SSSR count). The number of benzene rings is 4. The Balaban J connectivity index is 1.56. The minimum absolute atomic E-state index is 0.423. The van der Waals surface area contributed by atoms with E-state index in [-0.39, 0.29) is 0 Å². The molecule has 0 amide bonds. The minimum Gasteiger partial charge on any atom is -0.454 e. The molecular formula is C31H22O2. The van der Waals surface area contributed by atoms with Gasteiger partial charge >= 0.3 is 0 Å². The van der Waals surface area contributed by atoms with Crippen LogP contribution in [-0.4, -0.2) is 0 Å².